The third-order valence-corrected chi connectivity index (χ3v) is 2.45. The smallest absolute Gasteiger partial charge is 0.337 e. The van der Waals surface area contributed by atoms with Crippen LogP contribution in [-0.2, 0) is 0 Å². The second-order valence-corrected chi connectivity index (χ2v) is 3.70. The summed E-state index contributed by atoms with van der Waals surface area (Å²) in [6.07, 6.45) is 1.35. The number of ether oxygens (including phenoxy) is 1. The number of aromatic nitrogens is 1. The lowest BCUT2D eigenvalue weighted by atomic mass is 10.1. The highest BCUT2D eigenvalue weighted by atomic mass is 16.5. The van der Waals surface area contributed by atoms with Crippen LogP contribution in [0.3, 0.4) is 0 Å². The highest BCUT2D eigenvalue weighted by molar-refractivity contribution is 5.87. The molecule has 0 amide bonds. The maximum atomic E-state index is 10.7. The Balaban J connectivity index is 2.30. The lowest BCUT2D eigenvalue weighted by Gasteiger charge is -2.05. The Bertz CT molecular complexity index is 549. The molecule has 0 aliphatic carbocycles. The number of hydrogen-bond donors (Lipinski definition) is 1. The van der Waals surface area contributed by atoms with Crippen molar-refractivity contribution in [2.24, 2.45) is 0 Å². The number of carboxylic acid groups (broad SMARTS) is 1. The summed E-state index contributed by atoms with van der Waals surface area (Å²) in [4.78, 5) is 14.9. The Labute approximate surface area is 105 Å². The monoisotopic (exact) mass is 243 g/mol. The molecule has 4 heteroatoms. The lowest BCUT2D eigenvalue weighted by molar-refractivity contribution is 0.0696. The van der Waals surface area contributed by atoms with Crippen LogP contribution in [0.15, 0.2) is 42.6 Å². The molecule has 1 aromatic carbocycles. The van der Waals surface area contributed by atoms with Gasteiger partial charge in [-0.2, -0.15) is 0 Å². The van der Waals surface area contributed by atoms with Gasteiger partial charge in [-0.05, 0) is 31.2 Å². The van der Waals surface area contributed by atoms with E-state index in [1.807, 2.05) is 31.2 Å². The normalized spacial score (nSPS) is 10.1. The second-order valence-electron chi connectivity index (χ2n) is 3.70. The van der Waals surface area contributed by atoms with Crippen molar-refractivity contribution >= 4 is 5.97 Å². The zero-order valence-corrected chi connectivity index (χ0v) is 9.96. The van der Waals surface area contributed by atoms with Crippen molar-refractivity contribution in [2.75, 3.05) is 6.61 Å². The number of hydrogen-bond acceptors (Lipinski definition) is 3. The van der Waals surface area contributed by atoms with E-state index < -0.39 is 5.97 Å². The summed E-state index contributed by atoms with van der Waals surface area (Å²) in [6.45, 7) is 2.53. The molecule has 0 radical (unpaired) electrons. The van der Waals surface area contributed by atoms with Gasteiger partial charge in [0.2, 0.25) is 0 Å². The maximum absolute atomic E-state index is 10.7. The minimum Gasteiger partial charge on any atom is -0.494 e. The number of aromatic carboxylic acids is 1. The van der Waals surface area contributed by atoms with Gasteiger partial charge < -0.3 is 9.84 Å². The van der Waals surface area contributed by atoms with E-state index in [4.69, 9.17) is 9.84 Å². The van der Waals surface area contributed by atoms with E-state index in [-0.39, 0.29) is 5.56 Å². The fraction of sp³-hybridized carbons (Fsp3) is 0.143. The van der Waals surface area contributed by atoms with Crippen molar-refractivity contribution in [2.45, 2.75) is 6.92 Å². The molecule has 2 rings (SSSR count). The Morgan fingerprint density at radius 2 is 2.17 bits per heavy atom. The Kier molecular flexibility index (Phi) is 3.57. The summed E-state index contributed by atoms with van der Waals surface area (Å²) >= 11 is 0. The number of rotatable bonds is 4. The van der Waals surface area contributed by atoms with E-state index >= 15 is 0 Å². The van der Waals surface area contributed by atoms with Crippen molar-refractivity contribution in [3.63, 3.8) is 0 Å². The minimum atomic E-state index is -0.975. The molecule has 18 heavy (non-hydrogen) atoms. The topological polar surface area (TPSA) is 59.4 Å². The average Bonchev–Trinajstić information content (AvgIpc) is 2.39. The van der Waals surface area contributed by atoms with Gasteiger partial charge in [0, 0.05) is 11.8 Å². The minimum absolute atomic E-state index is 0.180. The van der Waals surface area contributed by atoms with Gasteiger partial charge in [0.1, 0.15) is 5.75 Å². The molecule has 0 spiro atoms. The van der Waals surface area contributed by atoms with E-state index in [9.17, 15) is 4.79 Å². The van der Waals surface area contributed by atoms with Gasteiger partial charge in [-0.25, -0.2) is 4.79 Å². The highest BCUT2D eigenvalue weighted by Gasteiger charge is 2.05. The molecule has 0 saturated carbocycles. The molecule has 4 nitrogen and oxygen atoms in total. The van der Waals surface area contributed by atoms with Gasteiger partial charge in [-0.15, -0.1) is 0 Å². The maximum Gasteiger partial charge on any atom is 0.337 e. The van der Waals surface area contributed by atoms with E-state index in [0.717, 1.165) is 17.0 Å². The Hall–Kier alpha value is -2.36. The molecule has 0 aliphatic heterocycles. The van der Waals surface area contributed by atoms with Crippen LogP contribution in [0.5, 0.6) is 5.75 Å². The molecule has 1 heterocycles. The van der Waals surface area contributed by atoms with Crippen LogP contribution < -0.4 is 4.74 Å². The van der Waals surface area contributed by atoms with Gasteiger partial charge in [-0.1, -0.05) is 12.1 Å². The summed E-state index contributed by atoms with van der Waals surface area (Å²) in [7, 11) is 0. The predicted octanol–water partition coefficient (Wildman–Crippen LogP) is 2.85. The van der Waals surface area contributed by atoms with Crippen LogP contribution in [-0.4, -0.2) is 22.7 Å². The first-order chi connectivity index (χ1) is 8.70. The molecule has 0 atom stereocenters. The largest absolute Gasteiger partial charge is 0.494 e. The van der Waals surface area contributed by atoms with Crippen molar-refractivity contribution in [1.82, 2.24) is 4.98 Å². The summed E-state index contributed by atoms with van der Waals surface area (Å²) in [5.74, 6) is -0.198. The number of nitrogens with zero attached hydrogens (tertiary/aromatic N) is 1. The van der Waals surface area contributed by atoms with Crippen LogP contribution in [0.25, 0.3) is 11.3 Å². The van der Waals surface area contributed by atoms with Crippen molar-refractivity contribution in [1.29, 1.82) is 0 Å². The van der Waals surface area contributed by atoms with Crippen LogP contribution in [0.1, 0.15) is 17.3 Å². The summed E-state index contributed by atoms with van der Waals surface area (Å²) in [6, 6.07) is 10.8. The van der Waals surface area contributed by atoms with Gasteiger partial charge in [-0.3, -0.25) is 4.98 Å². The number of carbonyl (C=O) groups is 1. The van der Waals surface area contributed by atoms with E-state index in [1.165, 1.54) is 12.3 Å². The first-order valence-electron chi connectivity index (χ1n) is 5.63. The van der Waals surface area contributed by atoms with Gasteiger partial charge in [0.15, 0.2) is 0 Å². The number of benzene rings is 1. The van der Waals surface area contributed by atoms with Crippen LogP contribution in [0.2, 0.25) is 0 Å². The molecule has 0 unspecified atom stereocenters. The summed E-state index contributed by atoms with van der Waals surface area (Å²) in [5, 5.41) is 8.80. The van der Waals surface area contributed by atoms with Crippen LogP contribution in [0, 0.1) is 0 Å². The third-order valence-electron chi connectivity index (χ3n) is 2.45. The molecule has 1 aromatic heterocycles. The molecule has 0 fully saturated rings. The molecular formula is C14H13NO3. The second kappa shape index (κ2) is 5.31. The van der Waals surface area contributed by atoms with E-state index in [2.05, 4.69) is 4.98 Å². The zero-order valence-electron chi connectivity index (χ0n) is 9.96. The summed E-state index contributed by atoms with van der Waals surface area (Å²) < 4.78 is 5.41. The predicted molar refractivity (Wildman–Crippen MR) is 67.8 cm³/mol. The molecule has 1 N–H and O–H groups in total. The zero-order chi connectivity index (χ0) is 13.0. The first-order valence-corrected chi connectivity index (χ1v) is 5.63. The molecule has 2 aromatic rings. The van der Waals surface area contributed by atoms with Crippen molar-refractivity contribution in [3.8, 4) is 17.0 Å². The summed E-state index contributed by atoms with van der Waals surface area (Å²) in [5.41, 5.74) is 1.80. The molecule has 0 saturated heterocycles. The number of carboxylic acids is 1. The highest BCUT2D eigenvalue weighted by Crippen LogP contribution is 2.22. The average molecular weight is 243 g/mol. The van der Waals surface area contributed by atoms with Crippen LogP contribution in [0.4, 0.5) is 0 Å². The fourth-order valence-electron chi connectivity index (χ4n) is 1.60. The fourth-order valence-corrected chi connectivity index (χ4v) is 1.60. The molecular weight excluding hydrogens is 230 g/mol. The first kappa shape index (κ1) is 12.1. The van der Waals surface area contributed by atoms with Gasteiger partial charge in [0.05, 0.1) is 17.9 Å². The van der Waals surface area contributed by atoms with Crippen molar-refractivity contribution in [3.05, 3.63) is 48.2 Å². The lowest BCUT2D eigenvalue weighted by Crippen LogP contribution is -1.97. The van der Waals surface area contributed by atoms with E-state index in [0.29, 0.717) is 6.61 Å². The quantitative estimate of drug-likeness (QED) is 0.897. The SMILES string of the molecule is CCOc1cccc(-c2ccc(C(=O)O)cn2)c1. The Morgan fingerprint density at radius 3 is 2.78 bits per heavy atom. The molecule has 0 bridgehead atoms. The molecule has 92 valence electrons. The standard InChI is InChI=1S/C14H13NO3/c1-2-18-12-5-3-4-10(8-12)13-7-6-11(9-15-13)14(16)17/h3-9H,2H2,1H3,(H,16,17). The number of pyridine rings is 1. The van der Waals surface area contributed by atoms with Crippen molar-refractivity contribution < 1.29 is 14.6 Å². The van der Waals surface area contributed by atoms with Gasteiger partial charge >= 0.3 is 5.97 Å². The van der Waals surface area contributed by atoms with E-state index in [1.54, 1.807) is 6.07 Å². The Morgan fingerprint density at radius 1 is 1.33 bits per heavy atom. The van der Waals surface area contributed by atoms with Crippen LogP contribution >= 0.6 is 0 Å². The van der Waals surface area contributed by atoms with Gasteiger partial charge in [0.25, 0.3) is 0 Å². The third kappa shape index (κ3) is 2.66. The molecule has 0 aliphatic rings.